The molecular weight excluding hydrogens is 290 g/mol. The molecular formula is C13H17F4N3O. The second-order valence-corrected chi connectivity index (χ2v) is 4.85. The van der Waals surface area contributed by atoms with Gasteiger partial charge in [0.05, 0.1) is 0 Å². The molecule has 0 radical (unpaired) electrons. The fourth-order valence-electron chi connectivity index (χ4n) is 2.20. The van der Waals surface area contributed by atoms with Gasteiger partial charge in [-0.1, -0.05) is 0 Å². The fourth-order valence-corrected chi connectivity index (χ4v) is 2.20. The second kappa shape index (κ2) is 6.55. The van der Waals surface area contributed by atoms with Gasteiger partial charge < -0.3 is 10.1 Å². The molecule has 1 aromatic heterocycles. The van der Waals surface area contributed by atoms with Crippen molar-refractivity contribution in [1.29, 1.82) is 0 Å². The molecule has 1 aliphatic carbocycles. The first-order valence-corrected chi connectivity index (χ1v) is 6.80. The maximum absolute atomic E-state index is 12.7. The number of nitrogens with zero attached hydrogens (tertiary/aromatic N) is 2. The highest BCUT2D eigenvalue weighted by Gasteiger charge is 2.41. The lowest BCUT2D eigenvalue weighted by atomic mass is 10.2. The van der Waals surface area contributed by atoms with Crippen LogP contribution in [0.3, 0.4) is 0 Å². The van der Waals surface area contributed by atoms with Crippen LogP contribution in [0.4, 0.5) is 23.4 Å². The first-order valence-electron chi connectivity index (χ1n) is 6.80. The van der Waals surface area contributed by atoms with Crippen molar-refractivity contribution in [3.63, 3.8) is 0 Å². The average molecular weight is 307 g/mol. The highest BCUT2D eigenvalue weighted by Crippen LogP contribution is 2.27. The van der Waals surface area contributed by atoms with Crippen LogP contribution >= 0.6 is 0 Å². The van der Waals surface area contributed by atoms with E-state index in [9.17, 15) is 17.6 Å². The van der Waals surface area contributed by atoms with Crippen LogP contribution in [-0.4, -0.2) is 35.5 Å². The molecule has 1 heterocycles. The van der Waals surface area contributed by atoms with E-state index in [1.807, 2.05) is 6.92 Å². The summed E-state index contributed by atoms with van der Waals surface area (Å²) in [5, 5.41) is 3.10. The maximum Gasteiger partial charge on any atom is 0.330 e. The largest absolute Gasteiger partial charge is 0.370 e. The number of rotatable bonds is 7. The van der Waals surface area contributed by atoms with E-state index >= 15 is 0 Å². The van der Waals surface area contributed by atoms with Crippen molar-refractivity contribution in [2.45, 2.75) is 45.1 Å². The van der Waals surface area contributed by atoms with Crippen LogP contribution in [-0.2, 0) is 24.2 Å². The number of hydrogen-bond donors (Lipinski definition) is 1. The summed E-state index contributed by atoms with van der Waals surface area (Å²) in [7, 11) is 0. The molecule has 0 saturated heterocycles. The molecule has 0 atom stereocenters. The molecule has 1 aromatic rings. The van der Waals surface area contributed by atoms with Crippen LogP contribution in [0.25, 0.3) is 0 Å². The predicted molar refractivity (Wildman–Crippen MR) is 68.8 cm³/mol. The molecule has 0 aromatic carbocycles. The van der Waals surface area contributed by atoms with Crippen molar-refractivity contribution in [1.82, 2.24) is 9.97 Å². The van der Waals surface area contributed by atoms with Gasteiger partial charge in [-0.15, -0.1) is 0 Å². The molecule has 0 spiro atoms. The number of aromatic nitrogens is 2. The van der Waals surface area contributed by atoms with Gasteiger partial charge in [-0.05, 0) is 26.2 Å². The third-order valence-corrected chi connectivity index (χ3v) is 3.17. The summed E-state index contributed by atoms with van der Waals surface area (Å²) >= 11 is 0. The molecule has 1 N–H and O–H groups in total. The topological polar surface area (TPSA) is 47.0 Å². The van der Waals surface area contributed by atoms with E-state index in [1.54, 1.807) is 0 Å². The lowest BCUT2D eigenvalue weighted by Gasteiger charge is -2.15. The Balaban J connectivity index is 2.02. The van der Waals surface area contributed by atoms with Crippen LogP contribution in [0.15, 0.2) is 0 Å². The monoisotopic (exact) mass is 307 g/mol. The summed E-state index contributed by atoms with van der Waals surface area (Å²) in [4.78, 5) is 8.47. The molecule has 118 valence electrons. The number of fused-ring (bicyclic) bond motifs is 1. The predicted octanol–water partition coefficient (Wildman–Crippen LogP) is 2.81. The van der Waals surface area contributed by atoms with Crippen LogP contribution in [0.2, 0.25) is 0 Å². The number of halogens is 4. The number of hydrogen-bond acceptors (Lipinski definition) is 4. The molecule has 0 saturated carbocycles. The molecule has 0 amide bonds. The Morgan fingerprint density at radius 1 is 1.29 bits per heavy atom. The molecule has 4 nitrogen and oxygen atoms in total. The minimum Gasteiger partial charge on any atom is -0.370 e. The Morgan fingerprint density at radius 3 is 2.71 bits per heavy atom. The quantitative estimate of drug-likeness (QED) is 0.787. The van der Waals surface area contributed by atoms with Crippen LogP contribution in [0, 0.1) is 0 Å². The Morgan fingerprint density at radius 2 is 2.05 bits per heavy atom. The fraction of sp³-hybridized carbons (Fsp3) is 0.692. The van der Waals surface area contributed by atoms with Gasteiger partial charge in [0.1, 0.15) is 19.0 Å². The minimum atomic E-state index is -4.15. The van der Waals surface area contributed by atoms with E-state index < -0.39 is 19.0 Å². The van der Waals surface area contributed by atoms with Crippen molar-refractivity contribution in [2.75, 3.05) is 18.5 Å². The van der Waals surface area contributed by atoms with Gasteiger partial charge in [0, 0.05) is 17.8 Å². The standard InChI is InChI=1S/C13H17F4N3O/c1-2-18-11-8-4-3-5-9(8)19-10(20-11)6-21-7-13(16,17)12(14)15/h12H,2-7H2,1H3,(H,18,19,20). The van der Waals surface area contributed by atoms with E-state index in [2.05, 4.69) is 20.0 Å². The summed E-state index contributed by atoms with van der Waals surface area (Å²) in [5.41, 5.74) is 1.92. The van der Waals surface area contributed by atoms with Crippen molar-refractivity contribution in [2.24, 2.45) is 0 Å². The summed E-state index contributed by atoms with van der Waals surface area (Å²) in [6.45, 7) is 0.936. The average Bonchev–Trinajstić information content (AvgIpc) is 2.87. The normalized spacial score (nSPS) is 14.6. The van der Waals surface area contributed by atoms with E-state index in [4.69, 9.17) is 0 Å². The van der Waals surface area contributed by atoms with Crippen LogP contribution < -0.4 is 5.32 Å². The third kappa shape index (κ3) is 3.81. The molecule has 0 aliphatic heterocycles. The SMILES string of the molecule is CCNc1nc(COCC(F)(F)C(F)F)nc2c1CCC2. The van der Waals surface area contributed by atoms with Gasteiger partial charge in [0.15, 0.2) is 5.82 Å². The summed E-state index contributed by atoms with van der Waals surface area (Å²) in [6.07, 6.45) is -1.09. The van der Waals surface area contributed by atoms with Crippen LogP contribution in [0.5, 0.6) is 0 Å². The maximum atomic E-state index is 12.7. The first-order chi connectivity index (χ1) is 9.94. The van der Waals surface area contributed by atoms with Crippen molar-refractivity contribution in [3.8, 4) is 0 Å². The smallest absolute Gasteiger partial charge is 0.330 e. The number of anilines is 1. The molecule has 0 unspecified atom stereocenters. The minimum absolute atomic E-state index is 0.233. The molecule has 0 fully saturated rings. The Kier molecular flexibility index (Phi) is 4.97. The molecule has 0 bridgehead atoms. The number of nitrogens with one attached hydrogen (secondary N) is 1. The Hall–Kier alpha value is -1.44. The Labute approximate surface area is 119 Å². The second-order valence-electron chi connectivity index (χ2n) is 4.85. The highest BCUT2D eigenvalue weighted by molar-refractivity contribution is 5.48. The van der Waals surface area contributed by atoms with E-state index in [-0.39, 0.29) is 12.4 Å². The summed E-state index contributed by atoms with van der Waals surface area (Å²) in [5.74, 6) is -3.24. The van der Waals surface area contributed by atoms with Gasteiger partial charge in [-0.25, -0.2) is 18.7 Å². The van der Waals surface area contributed by atoms with Crippen molar-refractivity contribution >= 4 is 5.82 Å². The van der Waals surface area contributed by atoms with Gasteiger partial charge in [0.2, 0.25) is 0 Å². The van der Waals surface area contributed by atoms with E-state index in [0.717, 1.165) is 30.5 Å². The molecule has 21 heavy (non-hydrogen) atoms. The lowest BCUT2D eigenvalue weighted by Crippen LogP contribution is -2.32. The van der Waals surface area contributed by atoms with Gasteiger partial charge >= 0.3 is 12.3 Å². The van der Waals surface area contributed by atoms with Crippen molar-refractivity contribution < 1.29 is 22.3 Å². The number of alkyl halides is 4. The molecule has 1 aliphatic rings. The number of ether oxygens (including phenoxy) is 1. The Bertz CT molecular complexity index is 497. The van der Waals surface area contributed by atoms with E-state index in [1.165, 1.54) is 0 Å². The molecule has 2 rings (SSSR count). The van der Waals surface area contributed by atoms with Gasteiger partial charge in [-0.2, -0.15) is 8.78 Å². The number of aryl methyl sites for hydroxylation is 1. The zero-order valence-electron chi connectivity index (χ0n) is 11.6. The van der Waals surface area contributed by atoms with E-state index in [0.29, 0.717) is 12.4 Å². The van der Waals surface area contributed by atoms with Gasteiger partial charge in [-0.3, -0.25) is 0 Å². The lowest BCUT2D eigenvalue weighted by molar-refractivity contribution is -0.168. The zero-order chi connectivity index (χ0) is 15.5. The van der Waals surface area contributed by atoms with Crippen LogP contribution in [0.1, 0.15) is 30.4 Å². The summed E-state index contributed by atoms with van der Waals surface area (Å²) < 4.78 is 54.2. The first kappa shape index (κ1) is 15.9. The zero-order valence-corrected chi connectivity index (χ0v) is 11.6. The van der Waals surface area contributed by atoms with Gasteiger partial charge in [0.25, 0.3) is 0 Å². The molecule has 8 heteroatoms. The van der Waals surface area contributed by atoms with Crippen molar-refractivity contribution in [3.05, 3.63) is 17.1 Å². The highest BCUT2D eigenvalue weighted by atomic mass is 19.3. The summed E-state index contributed by atoms with van der Waals surface area (Å²) in [6, 6.07) is 0. The third-order valence-electron chi connectivity index (χ3n) is 3.17.